The maximum Gasteiger partial charge on any atom is 0.265 e. The van der Waals surface area contributed by atoms with Gasteiger partial charge in [0.25, 0.3) is 11.8 Å². The van der Waals surface area contributed by atoms with Crippen LogP contribution in [0.4, 0.5) is 0 Å². The second kappa shape index (κ2) is 9.58. The van der Waals surface area contributed by atoms with Crippen LogP contribution in [-0.4, -0.2) is 57.2 Å². The topological polar surface area (TPSA) is 87.5 Å². The van der Waals surface area contributed by atoms with E-state index in [0.717, 1.165) is 5.56 Å². The summed E-state index contributed by atoms with van der Waals surface area (Å²) in [6.07, 6.45) is 3.87. The van der Waals surface area contributed by atoms with Crippen molar-refractivity contribution in [3.05, 3.63) is 58.4 Å². The Morgan fingerprint density at radius 1 is 1.17 bits per heavy atom. The molecule has 8 nitrogen and oxygen atoms in total. The van der Waals surface area contributed by atoms with Gasteiger partial charge >= 0.3 is 0 Å². The average Bonchev–Trinajstić information content (AvgIpc) is 3.31. The third-order valence-corrected chi connectivity index (χ3v) is 5.25. The molecular formula is C21H24ClN5O3. The number of carbonyl (C=O) groups is 3. The van der Waals surface area contributed by atoms with Crippen LogP contribution in [-0.2, 0) is 27.9 Å². The van der Waals surface area contributed by atoms with E-state index in [0.29, 0.717) is 35.9 Å². The van der Waals surface area contributed by atoms with Crippen LogP contribution >= 0.6 is 11.6 Å². The van der Waals surface area contributed by atoms with Gasteiger partial charge in [-0.1, -0.05) is 41.9 Å². The summed E-state index contributed by atoms with van der Waals surface area (Å²) in [6.45, 7) is 2.51. The molecule has 0 aliphatic carbocycles. The zero-order valence-electron chi connectivity index (χ0n) is 17.0. The second-order valence-corrected chi connectivity index (χ2v) is 7.38. The molecule has 3 amide bonds. The van der Waals surface area contributed by atoms with Crippen LogP contribution in [0.5, 0.6) is 0 Å². The number of halogens is 1. The molecule has 0 atom stereocenters. The Hall–Kier alpha value is -3.13. The van der Waals surface area contributed by atoms with Crippen LogP contribution in [0.25, 0.3) is 6.08 Å². The van der Waals surface area contributed by atoms with Crippen molar-refractivity contribution in [2.24, 2.45) is 7.05 Å². The summed E-state index contributed by atoms with van der Waals surface area (Å²) in [4.78, 5) is 37.3. The van der Waals surface area contributed by atoms with Gasteiger partial charge in [0.1, 0.15) is 5.15 Å². The number of hydrazine groups is 1. The first kappa shape index (κ1) is 21.6. The third-order valence-electron chi connectivity index (χ3n) is 4.81. The number of hydrogen-bond donors (Lipinski definition) is 1. The van der Waals surface area contributed by atoms with Crippen molar-refractivity contribution in [3.63, 3.8) is 0 Å². The predicted molar refractivity (Wildman–Crippen MR) is 113 cm³/mol. The maximum atomic E-state index is 12.6. The van der Waals surface area contributed by atoms with Crippen molar-refractivity contribution >= 4 is 35.4 Å². The van der Waals surface area contributed by atoms with Crippen molar-refractivity contribution in [2.45, 2.75) is 19.8 Å². The van der Waals surface area contributed by atoms with E-state index in [1.165, 1.54) is 20.8 Å². The van der Waals surface area contributed by atoms with Gasteiger partial charge in [-0.3, -0.25) is 19.1 Å². The molecule has 0 saturated carbocycles. The molecule has 1 aliphatic heterocycles. The minimum atomic E-state index is -0.328. The lowest BCUT2D eigenvalue weighted by atomic mass is 10.1. The summed E-state index contributed by atoms with van der Waals surface area (Å²) in [5.74, 6) is -0.893. The number of aromatic nitrogens is 2. The molecule has 1 aromatic carbocycles. The lowest BCUT2D eigenvalue weighted by Gasteiger charge is -2.27. The van der Waals surface area contributed by atoms with Crippen LogP contribution in [0.15, 0.2) is 36.4 Å². The smallest absolute Gasteiger partial charge is 0.265 e. The van der Waals surface area contributed by atoms with Crippen molar-refractivity contribution in [3.8, 4) is 0 Å². The van der Waals surface area contributed by atoms with Gasteiger partial charge in [-0.05, 0) is 25.0 Å². The Bertz CT molecular complexity index is 971. The predicted octanol–water partition coefficient (Wildman–Crippen LogP) is 1.73. The molecule has 2 aromatic rings. The second-order valence-electron chi connectivity index (χ2n) is 7.02. The summed E-state index contributed by atoms with van der Waals surface area (Å²) in [7, 11) is 1.72. The van der Waals surface area contributed by atoms with Crippen molar-refractivity contribution < 1.29 is 14.4 Å². The number of rotatable bonds is 6. The fourth-order valence-corrected chi connectivity index (χ4v) is 3.52. The minimum Gasteiger partial charge on any atom is -0.347 e. The molecule has 1 N–H and O–H groups in total. The quantitative estimate of drug-likeness (QED) is 0.708. The Labute approximate surface area is 180 Å². The Morgan fingerprint density at radius 2 is 1.87 bits per heavy atom. The molecule has 1 aromatic heterocycles. The van der Waals surface area contributed by atoms with E-state index in [2.05, 4.69) is 10.4 Å². The van der Waals surface area contributed by atoms with Gasteiger partial charge in [-0.25, -0.2) is 10.0 Å². The van der Waals surface area contributed by atoms with Gasteiger partial charge in [0.2, 0.25) is 5.91 Å². The SMILES string of the molecule is Cc1nn(C)c(Cl)c1/C=C/C(=O)N1CCCN1C(=O)CNC(=O)Cc1ccccc1. The molecule has 0 bridgehead atoms. The standard InChI is InChI=1S/C21H24ClN5O3/c1-15-17(21(22)25(2)24-15)9-10-19(29)26-11-6-12-27(26)20(30)14-23-18(28)13-16-7-4-3-5-8-16/h3-5,7-10H,6,11-14H2,1-2H3,(H,23,28)/b10-9+. The molecule has 9 heteroatoms. The Kier molecular flexibility index (Phi) is 6.89. The van der Waals surface area contributed by atoms with Crippen LogP contribution in [0, 0.1) is 6.92 Å². The highest BCUT2D eigenvalue weighted by molar-refractivity contribution is 6.31. The molecule has 0 radical (unpaired) electrons. The minimum absolute atomic E-state index is 0.160. The van der Waals surface area contributed by atoms with Gasteiger partial charge in [-0.15, -0.1) is 0 Å². The number of nitrogens with zero attached hydrogens (tertiary/aromatic N) is 4. The summed E-state index contributed by atoms with van der Waals surface area (Å²) >= 11 is 6.18. The first-order valence-corrected chi connectivity index (χ1v) is 10.0. The number of aryl methyl sites for hydroxylation is 2. The zero-order chi connectivity index (χ0) is 21.7. The summed E-state index contributed by atoms with van der Waals surface area (Å²) in [5, 5.41) is 10.0. The highest BCUT2D eigenvalue weighted by Crippen LogP contribution is 2.20. The van der Waals surface area contributed by atoms with Crippen molar-refractivity contribution in [2.75, 3.05) is 19.6 Å². The van der Waals surface area contributed by atoms with E-state index in [-0.39, 0.29) is 30.7 Å². The average molecular weight is 430 g/mol. The number of amides is 3. The molecule has 0 unspecified atom stereocenters. The summed E-state index contributed by atoms with van der Waals surface area (Å²) < 4.78 is 1.53. The van der Waals surface area contributed by atoms with Crippen LogP contribution < -0.4 is 5.32 Å². The van der Waals surface area contributed by atoms with Crippen LogP contribution in [0.1, 0.15) is 23.2 Å². The fraction of sp³-hybridized carbons (Fsp3) is 0.333. The Morgan fingerprint density at radius 3 is 2.53 bits per heavy atom. The first-order chi connectivity index (χ1) is 14.4. The molecule has 158 valence electrons. The van der Waals surface area contributed by atoms with Gasteiger partial charge in [0, 0.05) is 31.8 Å². The van der Waals surface area contributed by atoms with Crippen LogP contribution in [0.3, 0.4) is 0 Å². The molecule has 2 heterocycles. The normalized spacial score (nSPS) is 13.8. The van der Waals surface area contributed by atoms with E-state index in [1.54, 1.807) is 20.0 Å². The summed E-state index contributed by atoms with van der Waals surface area (Å²) in [5.41, 5.74) is 2.25. The third kappa shape index (κ3) is 5.07. The number of nitrogens with one attached hydrogen (secondary N) is 1. The summed E-state index contributed by atoms with van der Waals surface area (Å²) in [6, 6.07) is 9.29. The molecular weight excluding hydrogens is 406 g/mol. The highest BCUT2D eigenvalue weighted by Gasteiger charge is 2.29. The molecule has 30 heavy (non-hydrogen) atoms. The molecule has 0 spiro atoms. The number of benzene rings is 1. The molecule has 3 rings (SSSR count). The van der Waals surface area contributed by atoms with Crippen molar-refractivity contribution in [1.82, 2.24) is 25.1 Å². The van der Waals surface area contributed by atoms with E-state index in [1.807, 2.05) is 30.3 Å². The maximum absolute atomic E-state index is 12.6. The molecule has 1 aliphatic rings. The van der Waals surface area contributed by atoms with Gasteiger partial charge in [-0.2, -0.15) is 5.10 Å². The lowest BCUT2D eigenvalue weighted by Crippen LogP contribution is -2.48. The highest BCUT2D eigenvalue weighted by atomic mass is 35.5. The van der Waals surface area contributed by atoms with E-state index >= 15 is 0 Å². The Balaban J connectivity index is 1.56. The van der Waals surface area contributed by atoms with Gasteiger partial charge in [0.15, 0.2) is 0 Å². The molecule has 1 fully saturated rings. The number of hydrogen-bond acceptors (Lipinski definition) is 4. The lowest BCUT2D eigenvalue weighted by molar-refractivity contribution is -0.154. The fourth-order valence-electron chi connectivity index (χ4n) is 3.29. The van der Waals surface area contributed by atoms with E-state index in [9.17, 15) is 14.4 Å². The zero-order valence-corrected chi connectivity index (χ0v) is 17.7. The van der Waals surface area contributed by atoms with Gasteiger partial charge < -0.3 is 5.32 Å². The van der Waals surface area contributed by atoms with E-state index in [4.69, 9.17) is 11.6 Å². The monoisotopic (exact) mass is 429 g/mol. The van der Waals surface area contributed by atoms with E-state index < -0.39 is 0 Å². The van der Waals surface area contributed by atoms with Gasteiger partial charge in [0.05, 0.1) is 18.7 Å². The number of carbonyl (C=O) groups excluding carboxylic acids is 3. The largest absolute Gasteiger partial charge is 0.347 e. The van der Waals surface area contributed by atoms with Crippen molar-refractivity contribution in [1.29, 1.82) is 0 Å². The first-order valence-electron chi connectivity index (χ1n) is 9.66. The van der Waals surface area contributed by atoms with Crippen LogP contribution in [0.2, 0.25) is 5.15 Å². The molecule has 1 saturated heterocycles.